The molecule has 0 aliphatic heterocycles. The summed E-state index contributed by atoms with van der Waals surface area (Å²) < 4.78 is 4.17. The van der Waals surface area contributed by atoms with Crippen molar-refractivity contribution in [2.45, 2.75) is 13.5 Å². The van der Waals surface area contributed by atoms with Crippen molar-refractivity contribution in [2.75, 3.05) is 0 Å². The summed E-state index contributed by atoms with van der Waals surface area (Å²) in [7, 11) is 2.00. The Hall–Kier alpha value is -2.10. The van der Waals surface area contributed by atoms with Gasteiger partial charge in [0.15, 0.2) is 0 Å². The number of nitrogens with zero attached hydrogens (tertiary/aromatic N) is 2. The molecule has 0 saturated carbocycles. The highest BCUT2D eigenvalue weighted by Crippen LogP contribution is 2.07. The number of carboxylic acid groups (broad SMARTS) is 1. The van der Waals surface area contributed by atoms with Gasteiger partial charge in [0.25, 0.3) is 5.82 Å². The molecule has 1 heterocycles. The van der Waals surface area contributed by atoms with Crippen LogP contribution in [0.3, 0.4) is 0 Å². The molecule has 0 radical (unpaired) electrons. The fourth-order valence-electron chi connectivity index (χ4n) is 1.72. The van der Waals surface area contributed by atoms with Crippen LogP contribution in [0.1, 0.15) is 21.7 Å². The first-order valence-corrected chi connectivity index (χ1v) is 5.41. The van der Waals surface area contributed by atoms with Gasteiger partial charge < -0.3 is 5.11 Å². The van der Waals surface area contributed by atoms with Gasteiger partial charge in [-0.05, 0) is 17.7 Å². The van der Waals surface area contributed by atoms with Crippen LogP contribution in [0, 0.1) is 6.92 Å². The minimum atomic E-state index is -0.889. The first-order valence-electron chi connectivity index (χ1n) is 5.41. The number of carboxylic acids is 1. The molecule has 1 aromatic carbocycles. The molecule has 2 aromatic rings. The van der Waals surface area contributed by atoms with Crippen LogP contribution in [0.25, 0.3) is 0 Å². The van der Waals surface area contributed by atoms with Crippen LogP contribution in [0.5, 0.6) is 0 Å². The van der Waals surface area contributed by atoms with E-state index in [1.165, 1.54) is 0 Å². The van der Waals surface area contributed by atoms with Crippen LogP contribution in [0.4, 0.5) is 0 Å². The summed E-state index contributed by atoms with van der Waals surface area (Å²) in [5.41, 5.74) is 1.41. The molecule has 0 amide bonds. The molecule has 17 heavy (non-hydrogen) atoms. The number of hydrogen-bond acceptors (Lipinski definition) is 1. The third-order valence-electron chi connectivity index (χ3n) is 2.95. The van der Waals surface area contributed by atoms with E-state index < -0.39 is 5.97 Å². The molecule has 0 atom stereocenters. The predicted octanol–water partition coefficient (Wildman–Crippen LogP) is 1.37. The molecule has 0 spiro atoms. The number of benzene rings is 1. The molecule has 0 unspecified atom stereocenters. The van der Waals surface area contributed by atoms with Gasteiger partial charge in [0.05, 0.1) is 12.6 Å². The van der Waals surface area contributed by atoms with Gasteiger partial charge in [-0.25, -0.2) is 13.9 Å². The Kier molecular flexibility index (Phi) is 2.95. The van der Waals surface area contributed by atoms with Crippen molar-refractivity contribution < 1.29 is 14.5 Å². The molecule has 0 saturated heterocycles. The molecule has 0 bridgehead atoms. The second-order valence-electron chi connectivity index (χ2n) is 4.09. The van der Waals surface area contributed by atoms with Gasteiger partial charge in [0.2, 0.25) is 0 Å². The first kappa shape index (κ1) is 11.4. The summed E-state index contributed by atoms with van der Waals surface area (Å²) in [6.07, 6.45) is 4.02. The van der Waals surface area contributed by atoms with Gasteiger partial charge in [0.1, 0.15) is 18.9 Å². The standard InChI is InChI=1S/C13H14N2O2/c1-10-14(2)7-8-15(10)9-11-3-5-12(6-4-11)13(16)17/h3-8H,9H2,1-2H3/p+1. The van der Waals surface area contributed by atoms with Crippen molar-refractivity contribution in [3.8, 4) is 0 Å². The van der Waals surface area contributed by atoms with Crippen LogP contribution >= 0.6 is 0 Å². The van der Waals surface area contributed by atoms with Crippen molar-refractivity contribution in [3.05, 3.63) is 53.6 Å². The van der Waals surface area contributed by atoms with Crippen molar-refractivity contribution in [1.82, 2.24) is 4.57 Å². The quantitative estimate of drug-likeness (QED) is 0.811. The molecule has 0 aliphatic carbocycles. The third-order valence-corrected chi connectivity index (χ3v) is 2.95. The van der Waals surface area contributed by atoms with Crippen molar-refractivity contribution >= 4 is 5.97 Å². The van der Waals surface area contributed by atoms with E-state index in [-0.39, 0.29) is 0 Å². The van der Waals surface area contributed by atoms with Gasteiger partial charge in [0, 0.05) is 6.92 Å². The number of carbonyl (C=O) groups is 1. The zero-order valence-electron chi connectivity index (χ0n) is 9.92. The summed E-state index contributed by atoms with van der Waals surface area (Å²) in [5, 5.41) is 8.80. The van der Waals surface area contributed by atoms with Crippen molar-refractivity contribution in [2.24, 2.45) is 7.05 Å². The Morgan fingerprint density at radius 2 is 2.00 bits per heavy atom. The smallest absolute Gasteiger partial charge is 0.335 e. The normalized spacial score (nSPS) is 10.5. The van der Waals surface area contributed by atoms with Gasteiger partial charge in [-0.3, -0.25) is 0 Å². The van der Waals surface area contributed by atoms with Gasteiger partial charge >= 0.3 is 5.97 Å². The summed E-state index contributed by atoms with van der Waals surface area (Å²) in [5.74, 6) is 0.271. The third kappa shape index (κ3) is 2.36. The maximum atomic E-state index is 10.7. The molecule has 0 aliphatic rings. The monoisotopic (exact) mass is 231 g/mol. The summed E-state index contributed by atoms with van der Waals surface area (Å²) in [6, 6.07) is 6.97. The lowest BCUT2D eigenvalue weighted by atomic mass is 10.1. The number of aromatic carboxylic acids is 1. The first-order chi connectivity index (χ1) is 8.08. The van der Waals surface area contributed by atoms with Gasteiger partial charge in [-0.2, -0.15) is 0 Å². The van der Waals surface area contributed by atoms with Crippen LogP contribution in [0.15, 0.2) is 36.7 Å². The summed E-state index contributed by atoms with van der Waals surface area (Å²) in [6.45, 7) is 2.80. The number of aryl methyl sites for hydroxylation is 1. The topological polar surface area (TPSA) is 46.1 Å². The van der Waals surface area contributed by atoms with E-state index in [9.17, 15) is 4.79 Å². The predicted molar refractivity (Wildman–Crippen MR) is 62.8 cm³/mol. The lowest BCUT2D eigenvalue weighted by molar-refractivity contribution is -0.677. The van der Waals surface area contributed by atoms with E-state index >= 15 is 0 Å². The maximum Gasteiger partial charge on any atom is 0.335 e. The Bertz CT molecular complexity index is 541. The Morgan fingerprint density at radius 3 is 2.47 bits per heavy atom. The molecule has 4 nitrogen and oxygen atoms in total. The average molecular weight is 231 g/mol. The van der Waals surface area contributed by atoms with E-state index in [2.05, 4.69) is 4.57 Å². The lowest BCUT2D eigenvalue weighted by Crippen LogP contribution is -2.29. The summed E-state index contributed by atoms with van der Waals surface area (Å²) >= 11 is 0. The SMILES string of the molecule is Cc1n(Cc2ccc(C(=O)O)cc2)cc[n+]1C. The summed E-state index contributed by atoms with van der Waals surface area (Å²) in [4.78, 5) is 10.7. The van der Waals surface area contributed by atoms with Crippen LogP contribution in [0.2, 0.25) is 0 Å². The van der Waals surface area contributed by atoms with Gasteiger partial charge in [-0.1, -0.05) is 12.1 Å². The number of aromatic nitrogens is 2. The van der Waals surface area contributed by atoms with E-state index in [0.29, 0.717) is 5.56 Å². The van der Waals surface area contributed by atoms with E-state index in [0.717, 1.165) is 17.9 Å². The van der Waals surface area contributed by atoms with Crippen molar-refractivity contribution in [1.29, 1.82) is 0 Å². The van der Waals surface area contributed by atoms with Gasteiger partial charge in [-0.15, -0.1) is 0 Å². The molecule has 0 fully saturated rings. The largest absolute Gasteiger partial charge is 0.478 e. The number of rotatable bonds is 3. The maximum absolute atomic E-state index is 10.7. The zero-order chi connectivity index (χ0) is 12.4. The van der Waals surface area contributed by atoms with E-state index in [1.807, 2.05) is 43.1 Å². The lowest BCUT2D eigenvalue weighted by Gasteiger charge is -2.01. The Labute approximate surface area is 99.8 Å². The molecule has 1 aromatic heterocycles. The molecule has 88 valence electrons. The van der Waals surface area contributed by atoms with E-state index in [4.69, 9.17) is 5.11 Å². The van der Waals surface area contributed by atoms with Crippen LogP contribution in [-0.4, -0.2) is 15.6 Å². The second-order valence-corrected chi connectivity index (χ2v) is 4.09. The van der Waals surface area contributed by atoms with Crippen LogP contribution in [-0.2, 0) is 13.6 Å². The molecular weight excluding hydrogens is 216 g/mol. The second kappa shape index (κ2) is 4.41. The average Bonchev–Trinajstić information content (AvgIpc) is 2.62. The van der Waals surface area contributed by atoms with Crippen molar-refractivity contribution in [3.63, 3.8) is 0 Å². The number of hydrogen-bond donors (Lipinski definition) is 1. The fourth-order valence-corrected chi connectivity index (χ4v) is 1.72. The molecule has 2 rings (SSSR count). The minimum absolute atomic E-state index is 0.323. The zero-order valence-corrected chi connectivity index (χ0v) is 9.92. The highest BCUT2D eigenvalue weighted by atomic mass is 16.4. The molecule has 4 heteroatoms. The molecular formula is C13H15N2O2+. The molecule has 1 N–H and O–H groups in total. The Morgan fingerprint density at radius 1 is 1.35 bits per heavy atom. The van der Waals surface area contributed by atoms with E-state index in [1.54, 1.807) is 12.1 Å². The highest BCUT2D eigenvalue weighted by molar-refractivity contribution is 5.87. The van der Waals surface area contributed by atoms with Crippen LogP contribution < -0.4 is 4.57 Å². The number of imidazole rings is 1. The Balaban J connectivity index is 2.19. The highest BCUT2D eigenvalue weighted by Gasteiger charge is 2.09. The fraction of sp³-hybridized carbons (Fsp3) is 0.231. The minimum Gasteiger partial charge on any atom is -0.478 e.